The number of aryl methyl sites for hydroxylation is 1. The van der Waals surface area contributed by atoms with Gasteiger partial charge in [0.1, 0.15) is 0 Å². The normalized spacial score (nSPS) is 18.9. The molecule has 1 saturated heterocycles. The number of nitrogens with one attached hydrogen (secondary N) is 1. The van der Waals surface area contributed by atoms with Crippen LogP contribution in [0.25, 0.3) is 0 Å². The standard InChI is InChI=1S/C14H23N3/c1-12-10-15-7-6-14(12)16-13(2)11-17-8-4-3-5-9-17/h6-7,10,13H,3-5,8-9,11H2,1-2H3,(H,15,16). The van der Waals surface area contributed by atoms with Crippen molar-refractivity contribution in [3.05, 3.63) is 24.0 Å². The van der Waals surface area contributed by atoms with Crippen molar-refractivity contribution < 1.29 is 0 Å². The summed E-state index contributed by atoms with van der Waals surface area (Å²) in [5, 5.41) is 3.58. The van der Waals surface area contributed by atoms with Crippen LogP contribution in [0.5, 0.6) is 0 Å². The zero-order valence-corrected chi connectivity index (χ0v) is 10.9. The van der Waals surface area contributed by atoms with E-state index in [1.165, 1.54) is 43.6 Å². The number of hydrogen-bond donors (Lipinski definition) is 1. The van der Waals surface area contributed by atoms with Crippen LogP contribution < -0.4 is 5.32 Å². The van der Waals surface area contributed by atoms with Crippen LogP contribution in [-0.4, -0.2) is 35.6 Å². The highest BCUT2D eigenvalue weighted by atomic mass is 15.1. The molecule has 1 fully saturated rings. The van der Waals surface area contributed by atoms with Crippen molar-refractivity contribution in [1.29, 1.82) is 0 Å². The van der Waals surface area contributed by atoms with Crippen molar-refractivity contribution >= 4 is 5.69 Å². The topological polar surface area (TPSA) is 28.2 Å². The second-order valence-corrected chi connectivity index (χ2v) is 5.10. The summed E-state index contributed by atoms with van der Waals surface area (Å²) >= 11 is 0. The zero-order valence-electron chi connectivity index (χ0n) is 10.9. The first-order chi connectivity index (χ1) is 8.25. The molecule has 0 aliphatic carbocycles. The van der Waals surface area contributed by atoms with E-state index in [2.05, 4.69) is 35.1 Å². The van der Waals surface area contributed by atoms with Crippen LogP contribution in [-0.2, 0) is 0 Å². The molecule has 0 radical (unpaired) electrons. The van der Waals surface area contributed by atoms with Gasteiger partial charge in [0.15, 0.2) is 0 Å². The van der Waals surface area contributed by atoms with E-state index in [0.29, 0.717) is 6.04 Å². The van der Waals surface area contributed by atoms with E-state index in [1.54, 1.807) is 0 Å². The van der Waals surface area contributed by atoms with Crippen molar-refractivity contribution in [2.24, 2.45) is 0 Å². The van der Waals surface area contributed by atoms with Crippen molar-refractivity contribution in [2.75, 3.05) is 25.0 Å². The van der Waals surface area contributed by atoms with Gasteiger partial charge < -0.3 is 10.2 Å². The number of likely N-dealkylation sites (tertiary alicyclic amines) is 1. The lowest BCUT2D eigenvalue weighted by Crippen LogP contribution is -2.38. The molecule has 0 spiro atoms. The van der Waals surface area contributed by atoms with Crippen molar-refractivity contribution in [2.45, 2.75) is 39.2 Å². The van der Waals surface area contributed by atoms with Gasteiger partial charge in [0.05, 0.1) is 0 Å². The quantitative estimate of drug-likeness (QED) is 0.866. The van der Waals surface area contributed by atoms with Crippen molar-refractivity contribution in [3.8, 4) is 0 Å². The molecule has 3 heteroatoms. The summed E-state index contributed by atoms with van der Waals surface area (Å²) in [6, 6.07) is 2.55. The molecule has 0 bridgehead atoms. The lowest BCUT2D eigenvalue weighted by molar-refractivity contribution is 0.223. The number of hydrogen-bond acceptors (Lipinski definition) is 3. The summed E-state index contributed by atoms with van der Waals surface area (Å²) in [5.74, 6) is 0. The number of piperidine rings is 1. The average molecular weight is 233 g/mol. The Balaban J connectivity index is 1.84. The van der Waals surface area contributed by atoms with Crippen LogP contribution in [0.1, 0.15) is 31.7 Å². The van der Waals surface area contributed by atoms with Gasteiger partial charge in [0.2, 0.25) is 0 Å². The molecule has 17 heavy (non-hydrogen) atoms. The molecular formula is C14H23N3. The van der Waals surface area contributed by atoms with Gasteiger partial charge in [-0.3, -0.25) is 4.98 Å². The second-order valence-electron chi connectivity index (χ2n) is 5.10. The Bertz CT molecular complexity index is 345. The molecule has 0 amide bonds. The summed E-state index contributed by atoms with van der Waals surface area (Å²) < 4.78 is 0. The molecule has 1 aromatic heterocycles. The Morgan fingerprint density at radius 2 is 2.12 bits per heavy atom. The molecule has 1 atom stereocenters. The predicted molar refractivity (Wildman–Crippen MR) is 72.3 cm³/mol. The molecule has 1 aliphatic rings. The Morgan fingerprint density at radius 1 is 1.35 bits per heavy atom. The Morgan fingerprint density at radius 3 is 2.82 bits per heavy atom. The fourth-order valence-electron chi connectivity index (χ4n) is 2.48. The van der Waals surface area contributed by atoms with Crippen LogP contribution in [0.15, 0.2) is 18.5 Å². The number of nitrogens with zero attached hydrogens (tertiary/aromatic N) is 2. The molecule has 1 N–H and O–H groups in total. The SMILES string of the molecule is Cc1cnccc1NC(C)CN1CCCCC1. The Hall–Kier alpha value is -1.09. The van der Waals surface area contributed by atoms with Crippen molar-refractivity contribution in [3.63, 3.8) is 0 Å². The molecule has 1 unspecified atom stereocenters. The molecular weight excluding hydrogens is 210 g/mol. The first-order valence-corrected chi connectivity index (χ1v) is 6.65. The van der Waals surface area contributed by atoms with E-state index in [-0.39, 0.29) is 0 Å². The molecule has 1 aromatic rings. The molecule has 3 nitrogen and oxygen atoms in total. The summed E-state index contributed by atoms with van der Waals surface area (Å²) in [6.07, 6.45) is 7.89. The minimum absolute atomic E-state index is 0.495. The van der Waals surface area contributed by atoms with Gasteiger partial charge in [0.25, 0.3) is 0 Å². The Kier molecular flexibility index (Phi) is 4.37. The van der Waals surface area contributed by atoms with Crippen molar-refractivity contribution in [1.82, 2.24) is 9.88 Å². The highest BCUT2D eigenvalue weighted by Gasteiger charge is 2.13. The maximum atomic E-state index is 4.12. The van der Waals surface area contributed by atoms with Gasteiger partial charge in [-0.25, -0.2) is 0 Å². The number of aromatic nitrogens is 1. The van der Waals surface area contributed by atoms with E-state index >= 15 is 0 Å². The van der Waals surface area contributed by atoms with E-state index in [1.807, 2.05) is 12.4 Å². The van der Waals surface area contributed by atoms with E-state index in [9.17, 15) is 0 Å². The van der Waals surface area contributed by atoms with Gasteiger partial charge in [-0.05, 0) is 51.4 Å². The maximum absolute atomic E-state index is 4.12. The van der Waals surface area contributed by atoms with Crippen LogP contribution >= 0.6 is 0 Å². The van der Waals surface area contributed by atoms with E-state index in [4.69, 9.17) is 0 Å². The molecule has 0 saturated carbocycles. The lowest BCUT2D eigenvalue weighted by Gasteiger charge is -2.29. The number of rotatable bonds is 4. The first kappa shape index (κ1) is 12.4. The van der Waals surface area contributed by atoms with Gasteiger partial charge in [-0.1, -0.05) is 6.42 Å². The highest BCUT2D eigenvalue weighted by molar-refractivity contribution is 5.49. The van der Waals surface area contributed by atoms with Crippen LogP contribution in [0.4, 0.5) is 5.69 Å². The zero-order chi connectivity index (χ0) is 12.1. The second kappa shape index (κ2) is 6.01. The van der Waals surface area contributed by atoms with E-state index in [0.717, 1.165) is 6.54 Å². The summed E-state index contributed by atoms with van der Waals surface area (Å²) in [4.78, 5) is 6.68. The maximum Gasteiger partial charge on any atom is 0.0403 e. The summed E-state index contributed by atoms with van der Waals surface area (Å²) in [7, 11) is 0. The van der Waals surface area contributed by atoms with E-state index < -0.39 is 0 Å². The third kappa shape index (κ3) is 3.70. The lowest BCUT2D eigenvalue weighted by atomic mass is 10.1. The van der Waals surface area contributed by atoms with Gasteiger partial charge in [-0.2, -0.15) is 0 Å². The third-order valence-electron chi connectivity index (χ3n) is 3.40. The van der Waals surface area contributed by atoms with Crippen LogP contribution in [0, 0.1) is 6.92 Å². The van der Waals surface area contributed by atoms with Crippen LogP contribution in [0.2, 0.25) is 0 Å². The predicted octanol–water partition coefficient (Wildman–Crippen LogP) is 2.68. The summed E-state index contributed by atoms with van der Waals surface area (Å²) in [6.45, 7) is 8.03. The minimum atomic E-state index is 0.495. The fraction of sp³-hybridized carbons (Fsp3) is 0.643. The monoisotopic (exact) mass is 233 g/mol. The average Bonchev–Trinajstić information content (AvgIpc) is 2.33. The molecule has 2 heterocycles. The largest absolute Gasteiger partial charge is 0.381 e. The molecule has 94 valence electrons. The molecule has 2 rings (SSSR count). The Labute approximate surface area is 104 Å². The minimum Gasteiger partial charge on any atom is -0.381 e. The smallest absolute Gasteiger partial charge is 0.0403 e. The highest BCUT2D eigenvalue weighted by Crippen LogP contribution is 2.14. The third-order valence-corrected chi connectivity index (χ3v) is 3.40. The van der Waals surface area contributed by atoms with Gasteiger partial charge in [-0.15, -0.1) is 0 Å². The fourth-order valence-corrected chi connectivity index (χ4v) is 2.48. The summed E-state index contributed by atoms with van der Waals surface area (Å²) in [5.41, 5.74) is 2.43. The number of pyridine rings is 1. The van der Waals surface area contributed by atoms with Gasteiger partial charge in [0, 0.05) is 30.7 Å². The van der Waals surface area contributed by atoms with Crippen LogP contribution in [0.3, 0.4) is 0 Å². The van der Waals surface area contributed by atoms with Gasteiger partial charge >= 0.3 is 0 Å². The molecule has 0 aromatic carbocycles. The molecule has 1 aliphatic heterocycles. The first-order valence-electron chi connectivity index (χ1n) is 6.65. The number of anilines is 1.